The van der Waals surface area contributed by atoms with Crippen molar-refractivity contribution in [2.75, 3.05) is 12.4 Å². The van der Waals surface area contributed by atoms with Crippen molar-refractivity contribution in [1.82, 2.24) is 9.55 Å². The average molecular weight is 358 g/mol. The summed E-state index contributed by atoms with van der Waals surface area (Å²) in [7, 11) is 0. The van der Waals surface area contributed by atoms with Gasteiger partial charge in [0.1, 0.15) is 5.75 Å². The third-order valence-corrected chi connectivity index (χ3v) is 4.28. The lowest BCUT2D eigenvalue weighted by atomic mass is 10.3. The zero-order valence-electron chi connectivity index (χ0n) is 12.5. The molecular formula is C17H12ClN3O2S. The topological polar surface area (TPSA) is 67.9 Å². The molecule has 120 valence electrons. The van der Waals surface area contributed by atoms with Crippen LogP contribution in [0.15, 0.2) is 53.7 Å². The molecule has 3 rings (SSSR count). The van der Waals surface area contributed by atoms with Crippen LogP contribution in [0.25, 0.3) is 11.0 Å². The number of aromatic nitrogens is 2. The fraction of sp³-hybridized carbons (Fsp3) is 0.118. The first kappa shape index (κ1) is 16.4. The molecule has 1 aromatic heterocycles. The average Bonchev–Trinajstić information content (AvgIpc) is 2.97. The molecule has 5 nitrogen and oxygen atoms in total. The quantitative estimate of drug-likeness (QED) is 0.645. The van der Waals surface area contributed by atoms with Gasteiger partial charge in [0, 0.05) is 5.02 Å². The molecule has 0 saturated heterocycles. The van der Waals surface area contributed by atoms with Crippen molar-refractivity contribution in [2.24, 2.45) is 0 Å². The molecule has 0 unspecified atom stereocenters. The maximum atomic E-state index is 12.6. The van der Waals surface area contributed by atoms with Gasteiger partial charge in [-0.25, -0.2) is 4.98 Å². The van der Waals surface area contributed by atoms with Gasteiger partial charge in [0.15, 0.2) is 11.8 Å². The van der Waals surface area contributed by atoms with Crippen LogP contribution in [0.4, 0.5) is 0 Å². The number of rotatable bonds is 5. The highest BCUT2D eigenvalue weighted by Gasteiger charge is 2.17. The molecule has 0 spiro atoms. The van der Waals surface area contributed by atoms with E-state index in [1.54, 1.807) is 24.3 Å². The molecule has 0 aliphatic carbocycles. The molecule has 0 N–H and O–H groups in total. The summed E-state index contributed by atoms with van der Waals surface area (Å²) < 4.78 is 7.02. The Morgan fingerprint density at radius 2 is 2.00 bits per heavy atom. The molecule has 0 bridgehead atoms. The molecule has 0 atom stereocenters. The number of imidazole rings is 1. The van der Waals surface area contributed by atoms with Crippen LogP contribution in [0.1, 0.15) is 4.79 Å². The van der Waals surface area contributed by atoms with Crippen LogP contribution in [0, 0.1) is 11.3 Å². The van der Waals surface area contributed by atoms with E-state index in [-0.39, 0.29) is 18.3 Å². The summed E-state index contributed by atoms with van der Waals surface area (Å²) in [6.07, 6.45) is 0. The predicted molar refractivity (Wildman–Crippen MR) is 93.6 cm³/mol. The Hall–Kier alpha value is -2.49. The van der Waals surface area contributed by atoms with Gasteiger partial charge in [-0.3, -0.25) is 9.36 Å². The minimum absolute atomic E-state index is 0.137. The molecule has 24 heavy (non-hydrogen) atoms. The highest BCUT2D eigenvalue weighted by molar-refractivity contribution is 7.99. The summed E-state index contributed by atoms with van der Waals surface area (Å²) in [6, 6.07) is 16.2. The van der Waals surface area contributed by atoms with Crippen LogP contribution in [-0.2, 0) is 0 Å². The summed E-state index contributed by atoms with van der Waals surface area (Å²) in [5.41, 5.74) is 1.40. The Kier molecular flexibility index (Phi) is 5.04. The van der Waals surface area contributed by atoms with Gasteiger partial charge in [-0.1, -0.05) is 35.5 Å². The summed E-state index contributed by atoms with van der Waals surface area (Å²) >= 11 is 7.05. The monoisotopic (exact) mass is 357 g/mol. The van der Waals surface area contributed by atoms with E-state index in [1.165, 1.54) is 16.3 Å². The van der Waals surface area contributed by atoms with Crippen molar-refractivity contribution in [3.8, 4) is 11.8 Å². The van der Waals surface area contributed by atoms with Crippen LogP contribution in [0.2, 0.25) is 5.02 Å². The second-order valence-corrected chi connectivity index (χ2v) is 6.18. The number of thioether (sulfide) groups is 1. The number of ether oxygens (including phenoxy) is 1. The number of nitriles is 1. The highest BCUT2D eigenvalue weighted by atomic mass is 35.5. The molecule has 0 saturated carbocycles. The number of hydrogen-bond acceptors (Lipinski definition) is 5. The van der Waals surface area contributed by atoms with Gasteiger partial charge in [-0.15, -0.1) is 0 Å². The Bertz CT molecular complexity index is 916. The first-order chi connectivity index (χ1) is 11.7. The lowest BCUT2D eigenvalue weighted by Crippen LogP contribution is -2.20. The minimum atomic E-state index is -0.251. The van der Waals surface area contributed by atoms with Gasteiger partial charge < -0.3 is 4.74 Å². The number of hydrogen-bond donors (Lipinski definition) is 0. The van der Waals surface area contributed by atoms with Crippen molar-refractivity contribution in [2.45, 2.75) is 5.16 Å². The van der Waals surface area contributed by atoms with Gasteiger partial charge in [-0.2, -0.15) is 5.26 Å². The Morgan fingerprint density at radius 3 is 2.75 bits per heavy atom. The number of para-hydroxylation sites is 2. The molecule has 0 fully saturated rings. The van der Waals surface area contributed by atoms with Crippen LogP contribution in [0.3, 0.4) is 0 Å². The summed E-state index contributed by atoms with van der Waals surface area (Å²) in [4.78, 5) is 17.0. The SMILES string of the molecule is N#CCSc1nc2ccccc2n1C(=O)COc1ccc(Cl)cc1. The molecule has 0 aliphatic heterocycles. The first-order valence-electron chi connectivity index (χ1n) is 7.08. The van der Waals surface area contributed by atoms with E-state index in [2.05, 4.69) is 4.98 Å². The number of fused-ring (bicyclic) bond motifs is 1. The number of nitrogens with zero attached hydrogens (tertiary/aromatic N) is 3. The van der Waals surface area contributed by atoms with Crippen LogP contribution in [-0.4, -0.2) is 27.8 Å². The van der Waals surface area contributed by atoms with E-state index in [4.69, 9.17) is 21.6 Å². The smallest absolute Gasteiger partial charge is 0.271 e. The lowest BCUT2D eigenvalue weighted by molar-refractivity contribution is 0.0832. The summed E-state index contributed by atoms with van der Waals surface area (Å²) in [6.45, 7) is -0.137. The van der Waals surface area contributed by atoms with Crippen LogP contribution < -0.4 is 4.74 Å². The highest BCUT2D eigenvalue weighted by Crippen LogP contribution is 2.24. The van der Waals surface area contributed by atoms with Gasteiger partial charge >= 0.3 is 0 Å². The molecule has 1 heterocycles. The Morgan fingerprint density at radius 1 is 1.25 bits per heavy atom. The molecule has 0 radical (unpaired) electrons. The molecular weight excluding hydrogens is 346 g/mol. The van der Waals surface area contributed by atoms with Crippen molar-refractivity contribution >= 4 is 40.3 Å². The van der Waals surface area contributed by atoms with Gasteiger partial charge in [0.25, 0.3) is 5.91 Å². The third-order valence-electron chi connectivity index (χ3n) is 3.22. The number of halogens is 1. The molecule has 7 heteroatoms. The molecule has 3 aromatic rings. The second kappa shape index (κ2) is 7.39. The van der Waals surface area contributed by atoms with E-state index in [0.717, 1.165) is 0 Å². The van der Waals surface area contributed by atoms with Crippen molar-refractivity contribution < 1.29 is 9.53 Å². The van der Waals surface area contributed by atoms with E-state index < -0.39 is 0 Å². The standard InChI is InChI=1S/C17H12ClN3O2S/c18-12-5-7-13(8-6-12)23-11-16(22)21-15-4-2-1-3-14(15)20-17(21)24-10-9-19/h1-8H,10-11H2. The largest absolute Gasteiger partial charge is 0.484 e. The van der Waals surface area contributed by atoms with Crippen molar-refractivity contribution in [1.29, 1.82) is 5.26 Å². The summed E-state index contributed by atoms with van der Waals surface area (Å²) in [5.74, 6) is 0.525. The number of carbonyl (C=O) groups is 1. The van der Waals surface area contributed by atoms with E-state index >= 15 is 0 Å². The van der Waals surface area contributed by atoms with Crippen molar-refractivity contribution in [3.63, 3.8) is 0 Å². The zero-order valence-corrected chi connectivity index (χ0v) is 14.0. The van der Waals surface area contributed by atoms with E-state index in [9.17, 15) is 4.79 Å². The van der Waals surface area contributed by atoms with Gasteiger partial charge in [0.05, 0.1) is 22.9 Å². The van der Waals surface area contributed by atoms with Crippen LogP contribution >= 0.6 is 23.4 Å². The fourth-order valence-electron chi connectivity index (χ4n) is 2.18. The maximum Gasteiger partial charge on any atom is 0.271 e. The van der Waals surface area contributed by atoms with E-state index in [0.29, 0.717) is 27.0 Å². The fourth-order valence-corrected chi connectivity index (χ4v) is 2.99. The van der Waals surface area contributed by atoms with Gasteiger partial charge in [0.2, 0.25) is 0 Å². The number of benzene rings is 2. The van der Waals surface area contributed by atoms with Crippen LogP contribution in [0.5, 0.6) is 5.75 Å². The van der Waals surface area contributed by atoms with Gasteiger partial charge in [-0.05, 0) is 36.4 Å². The summed E-state index contributed by atoms with van der Waals surface area (Å²) in [5, 5.41) is 9.87. The molecule has 0 aliphatic rings. The zero-order chi connectivity index (χ0) is 16.9. The molecule has 2 aromatic carbocycles. The predicted octanol–water partition coefficient (Wildman–Crippen LogP) is 4.02. The Balaban J connectivity index is 1.85. The normalized spacial score (nSPS) is 10.5. The molecule has 0 amide bonds. The first-order valence-corrected chi connectivity index (χ1v) is 8.44. The third kappa shape index (κ3) is 3.53. The van der Waals surface area contributed by atoms with Crippen molar-refractivity contribution in [3.05, 3.63) is 53.6 Å². The van der Waals surface area contributed by atoms with E-state index in [1.807, 2.05) is 30.3 Å². The maximum absolute atomic E-state index is 12.6. The lowest BCUT2D eigenvalue weighted by Gasteiger charge is -2.08. The minimum Gasteiger partial charge on any atom is -0.484 e. The second-order valence-electron chi connectivity index (χ2n) is 4.80. The number of carbonyl (C=O) groups excluding carboxylic acids is 1. The Labute approximate surface area is 147 Å².